The average molecular weight is 497 g/mol. The Bertz CT molecular complexity index is 951. The normalized spacial score (nSPS) is 10.9. The van der Waals surface area contributed by atoms with Crippen LogP contribution in [0.5, 0.6) is 11.5 Å². The lowest BCUT2D eigenvalue weighted by Gasteiger charge is -2.11. The molecule has 0 saturated heterocycles. The van der Waals surface area contributed by atoms with E-state index in [4.69, 9.17) is 4.74 Å². The summed E-state index contributed by atoms with van der Waals surface area (Å²) < 4.78 is 35.5. The van der Waals surface area contributed by atoms with Gasteiger partial charge in [0.1, 0.15) is 0 Å². The fourth-order valence-corrected chi connectivity index (χ4v) is 2.92. The van der Waals surface area contributed by atoms with Crippen molar-refractivity contribution in [2.24, 2.45) is 0 Å². The minimum atomic E-state index is -2.96. The number of hydrogen-bond donors (Lipinski definition) is 2. The number of anilines is 1. The van der Waals surface area contributed by atoms with Crippen LogP contribution in [-0.2, 0) is 9.59 Å². The van der Waals surface area contributed by atoms with Gasteiger partial charge in [-0.15, -0.1) is 0 Å². The lowest BCUT2D eigenvalue weighted by molar-refractivity contribution is -0.117. The van der Waals surface area contributed by atoms with Crippen LogP contribution >= 0.6 is 15.9 Å². The monoisotopic (exact) mass is 496 g/mol. The van der Waals surface area contributed by atoms with E-state index in [0.717, 1.165) is 10.0 Å². The lowest BCUT2D eigenvalue weighted by atomic mass is 10.2. The molecule has 2 rings (SSSR count). The lowest BCUT2D eigenvalue weighted by Crippen LogP contribution is -2.26. The second-order valence-electron chi connectivity index (χ2n) is 6.40. The molecule has 2 aromatic carbocycles. The van der Waals surface area contributed by atoms with Crippen molar-refractivity contribution in [3.63, 3.8) is 0 Å². The van der Waals surface area contributed by atoms with Gasteiger partial charge < -0.3 is 20.1 Å². The van der Waals surface area contributed by atoms with E-state index in [2.05, 4.69) is 31.3 Å². The number of nitrogens with one attached hydrogen (secondary N) is 2. The predicted octanol–water partition coefficient (Wildman–Crippen LogP) is 4.92. The molecule has 0 fully saturated rings. The molecule has 0 aliphatic heterocycles. The number of hydrogen-bond acceptors (Lipinski definition) is 4. The maximum Gasteiger partial charge on any atom is 0.387 e. The molecule has 0 atom stereocenters. The Morgan fingerprint density at radius 2 is 1.94 bits per heavy atom. The molecular formula is C22H23BrF2N2O4. The number of benzene rings is 2. The molecule has 31 heavy (non-hydrogen) atoms. The molecule has 2 N–H and O–H groups in total. The molecule has 0 spiro atoms. The van der Waals surface area contributed by atoms with Crippen LogP contribution in [0.3, 0.4) is 0 Å². The number of carbonyl (C=O) groups is 2. The first-order valence-electron chi connectivity index (χ1n) is 9.52. The highest BCUT2D eigenvalue weighted by Crippen LogP contribution is 2.30. The summed E-state index contributed by atoms with van der Waals surface area (Å²) in [6.45, 7) is 1.08. The molecule has 0 bridgehead atoms. The third kappa shape index (κ3) is 8.37. The van der Waals surface area contributed by atoms with Crippen molar-refractivity contribution in [3.05, 3.63) is 58.1 Å². The van der Waals surface area contributed by atoms with Crippen molar-refractivity contribution in [1.29, 1.82) is 0 Å². The van der Waals surface area contributed by atoms with E-state index in [1.807, 2.05) is 25.1 Å². The Morgan fingerprint density at radius 3 is 2.65 bits per heavy atom. The van der Waals surface area contributed by atoms with Gasteiger partial charge in [-0.3, -0.25) is 9.59 Å². The third-order valence-electron chi connectivity index (χ3n) is 4.04. The Hall–Kier alpha value is -2.94. The fraction of sp³-hybridized carbons (Fsp3) is 0.273. The SMILES string of the molecule is CCOc1cc(/C=C/C(=O)NCCC(=O)Nc2cc(Br)ccc2C)ccc1OC(F)F. The van der Waals surface area contributed by atoms with Gasteiger partial charge in [-0.1, -0.05) is 28.1 Å². The van der Waals surface area contributed by atoms with Crippen molar-refractivity contribution in [3.8, 4) is 11.5 Å². The first-order valence-corrected chi connectivity index (χ1v) is 10.3. The van der Waals surface area contributed by atoms with Crippen LogP contribution in [0.25, 0.3) is 6.08 Å². The maximum atomic E-state index is 12.5. The van der Waals surface area contributed by atoms with E-state index in [-0.39, 0.29) is 37.0 Å². The molecule has 0 aromatic heterocycles. The van der Waals surface area contributed by atoms with Crippen molar-refractivity contribution in [2.75, 3.05) is 18.5 Å². The second kappa shape index (κ2) is 12.0. The van der Waals surface area contributed by atoms with Crippen molar-refractivity contribution in [2.45, 2.75) is 26.9 Å². The van der Waals surface area contributed by atoms with Crippen LogP contribution in [-0.4, -0.2) is 31.6 Å². The number of carbonyl (C=O) groups excluding carboxylic acids is 2. The topological polar surface area (TPSA) is 76.7 Å². The van der Waals surface area contributed by atoms with Gasteiger partial charge in [-0.2, -0.15) is 8.78 Å². The summed E-state index contributed by atoms with van der Waals surface area (Å²) in [6.07, 6.45) is 2.91. The molecule has 0 saturated carbocycles. The Kier molecular flexibility index (Phi) is 9.45. The van der Waals surface area contributed by atoms with Crippen LogP contribution in [0.2, 0.25) is 0 Å². The van der Waals surface area contributed by atoms with Gasteiger partial charge in [0.15, 0.2) is 11.5 Å². The van der Waals surface area contributed by atoms with Crippen LogP contribution in [0.4, 0.5) is 14.5 Å². The summed E-state index contributed by atoms with van der Waals surface area (Å²) in [5.74, 6) is -0.534. The zero-order valence-corrected chi connectivity index (χ0v) is 18.7. The number of halogens is 3. The Balaban J connectivity index is 1.85. The van der Waals surface area contributed by atoms with Crippen LogP contribution < -0.4 is 20.1 Å². The van der Waals surface area contributed by atoms with Gasteiger partial charge in [-0.05, 0) is 55.3 Å². The summed E-state index contributed by atoms with van der Waals surface area (Å²) >= 11 is 3.36. The molecule has 0 aliphatic carbocycles. The molecular weight excluding hydrogens is 474 g/mol. The first-order chi connectivity index (χ1) is 14.8. The highest BCUT2D eigenvalue weighted by molar-refractivity contribution is 9.10. The van der Waals surface area contributed by atoms with Gasteiger partial charge in [0.2, 0.25) is 11.8 Å². The highest BCUT2D eigenvalue weighted by Gasteiger charge is 2.11. The maximum absolute atomic E-state index is 12.5. The summed E-state index contributed by atoms with van der Waals surface area (Å²) in [4.78, 5) is 24.1. The Morgan fingerprint density at radius 1 is 1.16 bits per heavy atom. The van der Waals surface area contributed by atoms with E-state index in [0.29, 0.717) is 11.3 Å². The number of aryl methyl sites for hydroxylation is 1. The van der Waals surface area contributed by atoms with Gasteiger partial charge in [0.25, 0.3) is 0 Å². The molecule has 166 valence electrons. The van der Waals surface area contributed by atoms with Gasteiger partial charge in [0, 0.05) is 29.2 Å². The van der Waals surface area contributed by atoms with Crippen LogP contribution in [0, 0.1) is 6.92 Å². The van der Waals surface area contributed by atoms with Gasteiger partial charge in [0.05, 0.1) is 6.61 Å². The number of rotatable bonds is 10. The fourth-order valence-electron chi connectivity index (χ4n) is 2.56. The molecule has 9 heteroatoms. The largest absolute Gasteiger partial charge is 0.490 e. The van der Waals surface area contributed by atoms with E-state index in [1.165, 1.54) is 30.4 Å². The quantitative estimate of drug-likeness (QED) is 0.458. The van der Waals surface area contributed by atoms with E-state index >= 15 is 0 Å². The van der Waals surface area contributed by atoms with Crippen LogP contribution in [0.15, 0.2) is 46.9 Å². The van der Waals surface area contributed by atoms with E-state index < -0.39 is 12.5 Å². The molecule has 0 heterocycles. The predicted molar refractivity (Wildman–Crippen MR) is 118 cm³/mol. The smallest absolute Gasteiger partial charge is 0.387 e. The zero-order chi connectivity index (χ0) is 22.8. The number of ether oxygens (including phenoxy) is 2. The summed E-state index contributed by atoms with van der Waals surface area (Å²) in [5, 5.41) is 5.42. The molecule has 2 aromatic rings. The Labute approximate surface area is 187 Å². The molecule has 6 nitrogen and oxygen atoms in total. The first kappa shape index (κ1) is 24.3. The molecule has 0 aliphatic rings. The zero-order valence-electron chi connectivity index (χ0n) is 17.1. The van der Waals surface area contributed by atoms with Gasteiger partial charge in [-0.25, -0.2) is 0 Å². The van der Waals surface area contributed by atoms with Gasteiger partial charge >= 0.3 is 6.61 Å². The second-order valence-corrected chi connectivity index (χ2v) is 7.32. The number of amides is 2. The van der Waals surface area contributed by atoms with E-state index in [9.17, 15) is 18.4 Å². The minimum absolute atomic E-state index is 0.0786. The van der Waals surface area contributed by atoms with Crippen molar-refractivity contribution in [1.82, 2.24) is 5.32 Å². The highest BCUT2D eigenvalue weighted by atomic mass is 79.9. The van der Waals surface area contributed by atoms with Crippen molar-refractivity contribution < 1.29 is 27.8 Å². The molecule has 0 radical (unpaired) electrons. The summed E-state index contributed by atoms with van der Waals surface area (Å²) in [7, 11) is 0. The third-order valence-corrected chi connectivity index (χ3v) is 4.53. The van der Waals surface area contributed by atoms with Crippen molar-refractivity contribution >= 4 is 39.5 Å². The number of alkyl halides is 2. The average Bonchev–Trinajstić information content (AvgIpc) is 2.70. The minimum Gasteiger partial charge on any atom is -0.490 e. The van der Waals surface area contributed by atoms with Crippen LogP contribution in [0.1, 0.15) is 24.5 Å². The molecule has 2 amide bonds. The molecule has 0 unspecified atom stereocenters. The standard InChI is InChI=1S/C22H23BrF2N2O4/c1-3-30-19-12-15(5-8-18(19)31-22(24)25)6-9-20(28)26-11-10-21(29)27-17-13-16(23)7-4-14(17)2/h4-9,12-13,22H,3,10-11H2,1-2H3,(H,26,28)(H,27,29)/b9-6+. The van der Waals surface area contributed by atoms with E-state index in [1.54, 1.807) is 6.92 Å². The summed E-state index contributed by atoms with van der Waals surface area (Å²) in [5.41, 5.74) is 2.21. The summed E-state index contributed by atoms with van der Waals surface area (Å²) in [6, 6.07) is 9.95.